The third kappa shape index (κ3) is 3.64. The molecule has 0 saturated carbocycles. The van der Waals surface area contributed by atoms with Gasteiger partial charge < -0.3 is 19.9 Å². The predicted molar refractivity (Wildman–Crippen MR) is 61.3 cm³/mol. The number of nitrogens with zero attached hydrogens (tertiary/aromatic N) is 3. The van der Waals surface area contributed by atoms with Crippen LogP contribution in [0.5, 0.6) is 0 Å². The lowest BCUT2D eigenvalue weighted by molar-refractivity contribution is -0.00346. The number of aromatic nitrogens is 2. The number of aliphatic hydroxyl groups excluding tert-OH is 1. The molecule has 0 saturated heterocycles. The minimum atomic E-state index is -2.72. The highest BCUT2D eigenvalue weighted by molar-refractivity contribution is 5.30. The van der Waals surface area contributed by atoms with Gasteiger partial charge in [0.1, 0.15) is 6.10 Å². The number of alkyl halides is 2. The number of nitrogens with one attached hydrogen (secondary N) is 1. The third-order valence-electron chi connectivity index (χ3n) is 2.41. The Balaban J connectivity index is 2.47. The molecule has 0 aliphatic heterocycles. The highest BCUT2D eigenvalue weighted by Gasteiger charge is 2.16. The Hall–Kier alpha value is -1.21. The van der Waals surface area contributed by atoms with Crippen LogP contribution in [0.2, 0.25) is 0 Å². The number of imidazole rings is 1. The minimum Gasteiger partial charge on any atom is -0.386 e. The average Bonchev–Trinajstić information content (AvgIpc) is 2.60. The van der Waals surface area contributed by atoms with Crippen LogP contribution >= 0.6 is 0 Å². The molecule has 0 fully saturated rings. The smallest absolute Gasteiger partial charge is 0.265 e. The van der Waals surface area contributed by atoms with Crippen LogP contribution in [0.3, 0.4) is 0 Å². The first-order valence-corrected chi connectivity index (χ1v) is 5.28. The maximum Gasteiger partial charge on any atom is 0.265 e. The Kier molecular flexibility index (Phi) is 4.83. The molecule has 17 heavy (non-hydrogen) atoms. The highest BCUT2D eigenvalue weighted by atomic mass is 19.3. The van der Waals surface area contributed by atoms with Gasteiger partial charge in [-0.1, -0.05) is 0 Å². The average molecular weight is 248 g/mol. The Bertz CT molecular complexity index is 354. The van der Waals surface area contributed by atoms with Crippen molar-refractivity contribution in [3.63, 3.8) is 0 Å². The van der Waals surface area contributed by atoms with Crippen molar-refractivity contribution < 1.29 is 13.9 Å². The zero-order chi connectivity index (χ0) is 13.0. The Morgan fingerprint density at radius 3 is 2.65 bits per heavy atom. The van der Waals surface area contributed by atoms with E-state index in [4.69, 9.17) is 5.11 Å². The normalized spacial score (nSPS) is 13.1. The van der Waals surface area contributed by atoms with Gasteiger partial charge in [0.05, 0.1) is 11.9 Å². The highest BCUT2D eigenvalue weighted by Crippen LogP contribution is 2.10. The molecule has 2 N–H and O–H groups in total. The lowest BCUT2D eigenvalue weighted by Crippen LogP contribution is -2.32. The van der Waals surface area contributed by atoms with Crippen LogP contribution in [-0.2, 0) is 13.6 Å². The zero-order valence-corrected chi connectivity index (χ0v) is 10.2. The molecule has 0 aromatic carbocycles. The predicted octanol–water partition coefficient (Wildman–Crippen LogP) is 0.202. The van der Waals surface area contributed by atoms with E-state index < -0.39 is 12.5 Å². The second kappa shape index (κ2) is 5.92. The Morgan fingerprint density at radius 2 is 2.18 bits per heavy atom. The van der Waals surface area contributed by atoms with E-state index in [0.717, 1.165) is 11.6 Å². The standard InChI is InChI=1S/C10H18F2N4O/c1-15(2)10-14-5-7(16(10)3)4-13-6-8(17)9(11)12/h5,8-9,13,17H,4,6H2,1-3H3. The molecule has 1 aromatic heterocycles. The number of halogens is 2. The minimum absolute atomic E-state index is 0.139. The molecule has 1 rings (SSSR count). The van der Waals surface area contributed by atoms with Crippen LogP contribution in [0.25, 0.3) is 0 Å². The molecular formula is C10H18F2N4O. The van der Waals surface area contributed by atoms with Crippen molar-refractivity contribution in [1.29, 1.82) is 0 Å². The van der Waals surface area contributed by atoms with E-state index in [-0.39, 0.29) is 6.54 Å². The molecule has 1 aromatic rings. The molecule has 7 heteroatoms. The van der Waals surface area contributed by atoms with E-state index >= 15 is 0 Å². The van der Waals surface area contributed by atoms with Gasteiger partial charge in [0.15, 0.2) is 0 Å². The third-order valence-corrected chi connectivity index (χ3v) is 2.41. The topological polar surface area (TPSA) is 53.3 Å². The molecule has 0 aliphatic rings. The fourth-order valence-corrected chi connectivity index (χ4v) is 1.45. The molecule has 0 radical (unpaired) electrons. The number of hydrogen-bond donors (Lipinski definition) is 2. The number of rotatable bonds is 6. The summed E-state index contributed by atoms with van der Waals surface area (Å²) in [4.78, 5) is 6.04. The van der Waals surface area contributed by atoms with E-state index in [1.54, 1.807) is 6.20 Å². The van der Waals surface area contributed by atoms with Gasteiger partial charge in [-0.25, -0.2) is 13.8 Å². The summed E-state index contributed by atoms with van der Waals surface area (Å²) in [6, 6.07) is 0. The van der Waals surface area contributed by atoms with Gasteiger partial charge in [0.25, 0.3) is 6.43 Å². The molecule has 1 atom stereocenters. The number of anilines is 1. The van der Waals surface area contributed by atoms with Crippen LogP contribution in [0.4, 0.5) is 14.7 Å². The lowest BCUT2D eigenvalue weighted by Gasteiger charge is -2.13. The summed E-state index contributed by atoms with van der Waals surface area (Å²) in [7, 11) is 5.60. The van der Waals surface area contributed by atoms with Gasteiger partial charge in [-0.05, 0) is 0 Å². The van der Waals surface area contributed by atoms with Crippen LogP contribution in [0, 0.1) is 0 Å². The van der Waals surface area contributed by atoms with Crippen LogP contribution in [-0.4, -0.2) is 47.8 Å². The Labute approximate surface area is 99.1 Å². The zero-order valence-electron chi connectivity index (χ0n) is 10.2. The van der Waals surface area contributed by atoms with E-state index in [9.17, 15) is 8.78 Å². The summed E-state index contributed by atoms with van der Waals surface area (Å²) < 4.78 is 25.9. The van der Waals surface area contributed by atoms with Crippen molar-refractivity contribution in [2.45, 2.75) is 19.1 Å². The summed E-state index contributed by atoms with van der Waals surface area (Å²) in [6.45, 7) is 0.251. The molecule has 5 nitrogen and oxygen atoms in total. The molecule has 0 bridgehead atoms. The molecule has 0 spiro atoms. The first-order valence-electron chi connectivity index (χ1n) is 5.28. The molecule has 0 amide bonds. The largest absolute Gasteiger partial charge is 0.386 e. The first kappa shape index (κ1) is 13.9. The summed E-state index contributed by atoms with van der Waals surface area (Å²) in [6.07, 6.45) is -2.67. The SMILES string of the molecule is CN(C)c1ncc(CNCC(O)C(F)F)n1C. The van der Waals surface area contributed by atoms with Crippen LogP contribution in [0.15, 0.2) is 6.20 Å². The Morgan fingerprint density at radius 1 is 1.53 bits per heavy atom. The quantitative estimate of drug-likeness (QED) is 0.755. The first-order chi connectivity index (χ1) is 7.93. The van der Waals surface area contributed by atoms with Crippen molar-refractivity contribution >= 4 is 5.95 Å². The summed E-state index contributed by atoms with van der Waals surface area (Å²) in [5.74, 6) is 0.788. The van der Waals surface area contributed by atoms with Gasteiger partial charge in [0.2, 0.25) is 5.95 Å². The van der Waals surface area contributed by atoms with Gasteiger partial charge in [-0.15, -0.1) is 0 Å². The van der Waals surface area contributed by atoms with Crippen molar-refractivity contribution in [3.8, 4) is 0 Å². The van der Waals surface area contributed by atoms with Crippen molar-refractivity contribution in [1.82, 2.24) is 14.9 Å². The second-order valence-electron chi connectivity index (χ2n) is 4.04. The maximum absolute atomic E-state index is 12.0. The monoisotopic (exact) mass is 248 g/mol. The fourth-order valence-electron chi connectivity index (χ4n) is 1.45. The van der Waals surface area contributed by atoms with Gasteiger partial charge in [0, 0.05) is 34.2 Å². The van der Waals surface area contributed by atoms with E-state index in [0.29, 0.717) is 6.54 Å². The van der Waals surface area contributed by atoms with Crippen molar-refractivity contribution in [2.75, 3.05) is 25.5 Å². The summed E-state index contributed by atoms with van der Waals surface area (Å²) in [5.41, 5.74) is 0.871. The van der Waals surface area contributed by atoms with E-state index in [2.05, 4.69) is 10.3 Å². The molecule has 98 valence electrons. The van der Waals surface area contributed by atoms with Crippen LogP contribution < -0.4 is 10.2 Å². The van der Waals surface area contributed by atoms with E-state index in [1.807, 2.05) is 30.6 Å². The number of aliphatic hydroxyl groups is 1. The summed E-state index contributed by atoms with van der Waals surface area (Å²) in [5, 5.41) is 11.7. The maximum atomic E-state index is 12.0. The molecule has 1 unspecified atom stereocenters. The molecular weight excluding hydrogens is 230 g/mol. The van der Waals surface area contributed by atoms with E-state index in [1.165, 1.54) is 0 Å². The van der Waals surface area contributed by atoms with Gasteiger partial charge in [-0.2, -0.15) is 0 Å². The fraction of sp³-hybridized carbons (Fsp3) is 0.700. The van der Waals surface area contributed by atoms with Gasteiger partial charge >= 0.3 is 0 Å². The number of hydrogen-bond acceptors (Lipinski definition) is 4. The molecule has 1 heterocycles. The second-order valence-corrected chi connectivity index (χ2v) is 4.04. The lowest BCUT2D eigenvalue weighted by atomic mass is 10.3. The van der Waals surface area contributed by atoms with Crippen LogP contribution in [0.1, 0.15) is 5.69 Å². The summed E-state index contributed by atoms with van der Waals surface area (Å²) >= 11 is 0. The molecule has 0 aliphatic carbocycles. The van der Waals surface area contributed by atoms with Crippen molar-refractivity contribution in [3.05, 3.63) is 11.9 Å². The van der Waals surface area contributed by atoms with Crippen molar-refractivity contribution in [2.24, 2.45) is 7.05 Å². The van der Waals surface area contributed by atoms with Gasteiger partial charge in [-0.3, -0.25) is 0 Å².